The van der Waals surface area contributed by atoms with Crippen LogP contribution >= 0.6 is 0 Å². The molecule has 3 aromatic carbocycles. The lowest BCUT2D eigenvalue weighted by Crippen LogP contribution is -1.96. The van der Waals surface area contributed by atoms with E-state index in [-0.39, 0.29) is 0 Å². The van der Waals surface area contributed by atoms with E-state index in [1.807, 2.05) is 48.5 Å². The number of aromatic nitrogens is 4. The Morgan fingerprint density at radius 2 is 0.902 bits per heavy atom. The molecule has 0 aliphatic heterocycles. The smallest absolute Gasteiger partial charge is 0.248 e. The van der Waals surface area contributed by atoms with Crippen molar-refractivity contribution in [2.75, 3.05) is 6.61 Å². The van der Waals surface area contributed by atoms with E-state index in [4.69, 9.17) is 13.6 Å². The summed E-state index contributed by atoms with van der Waals surface area (Å²) in [4.78, 5) is 0. The van der Waals surface area contributed by atoms with Crippen LogP contribution in [-0.4, -0.2) is 27.0 Å². The van der Waals surface area contributed by atoms with E-state index in [1.165, 1.54) is 50.5 Å². The lowest BCUT2D eigenvalue weighted by Gasteiger charge is -2.06. The fraction of sp³-hybridized carbons (Fsp3) is 0.353. The fourth-order valence-electron chi connectivity index (χ4n) is 4.65. The topological polar surface area (TPSA) is 87.1 Å². The van der Waals surface area contributed by atoms with Crippen LogP contribution in [0.5, 0.6) is 5.75 Å². The molecule has 7 nitrogen and oxygen atoms in total. The Kier molecular flexibility index (Phi) is 9.93. The third-order valence-electron chi connectivity index (χ3n) is 7.12. The second kappa shape index (κ2) is 14.4. The van der Waals surface area contributed by atoms with Crippen molar-refractivity contribution in [3.63, 3.8) is 0 Å². The van der Waals surface area contributed by atoms with Gasteiger partial charge in [0.1, 0.15) is 5.75 Å². The summed E-state index contributed by atoms with van der Waals surface area (Å²) in [6.45, 7) is 5.18. The number of aryl methyl sites for hydroxylation is 1. The highest BCUT2D eigenvalue weighted by Crippen LogP contribution is 2.29. The highest BCUT2D eigenvalue weighted by molar-refractivity contribution is 5.64. The van der Waals surface area contributed by atoms with Crippen LogP contribution in [0.25, 0.3) is 45.8 Å². The summed E-state index contributed by atoms with van der Waals surface area (Å²) in [6.07, 6.45) is 10.9. The van der Waals surface area contributed by atoms with Gasteiger partial charge in [-0.1, -0.05) is 64.5 Å². The van der Waals surface area contributed by atoms with Crippen molar-refractivity contribution in [1.82, 2.24) is 20.4 Å². The molecule has 0 fully saturated rings. The quantitative estimate of drug-likeness (QED) is 0.120. The number of benzene rings is 3. The average Bonchev–Trinajstić information content (AvgIpc) is 3.71. The summed E-state index contributed by atoms with van der Waals surface area (Å²) < 4.78 is 17.8. The summed E-state index contributed by atoms with van der Waals surface area (Å²) in [5, 5.41) is 17.0. The molecule has 0 radical (unpaired) electrons. The Morgan fingerprint density at radius 1 is 0.488 bits per heavy atom. The summed E-state index contributed by atoms with van der Waals surface area (Å²) in [7, 11) is 0. The standard InChI is InChI=1S/C34H38N4O3/c1-3-5-7-9-11-25-12-14-26(15-13-25)31-35-36-32(40-31)27-16-18-28(19-17-27)33-37-38-34(41-33)29-20-22-30(23-21-29)39-24-10-8-6-4-2/h12-23H,3-11,24H2,1-2H3. The maximum absolute atomic E-state index is 5.98. The zero-order valence-corrected chi connectivity index (χ0v) is 24.0. The zero-order chi connectivity index (χ0) is 28.3. The first-order chi connectivity index (χ1) is 20.2. The maximum atomic E-state index is 5.98. The average molecular weight is 551 g/mol. The molecule has 5 rings (SSSR count). The first-order valence-corrected chi connectivity index (χ1v) is 14.8. The largest absolute Gasteiger partial charge is 0.494 e. The highest BCUT2D eigenvalue weighted by Gasteiger charge is 2.14. The lowest BCUT2D eigenvalue weighted by atomic mass is 10.0. The Bertz CT molecular complexity index is 1470. The molecule has 0 aliphatic carbocycles. The molecule has 0 amide bonds. The SMILES string of the molecule is CCCCCCOc1ccc(-c2nnc(-c3ccc(-c4nnc(-c5ccc(CCCCCC)cc5)o4)cc3)o2)cc1. The van der Waals surface area contributed by atoms with Crippen LogP contribution in [-0.2, 0) is 6.42 Å². The van der Waals surface area contributed by atoms with Gasteiger partial charge in [-0.2, -0.15) is 0 Å². The fourth-order valence-corrected chi connectivity index (χ4v) is 4.65. The van der Waals surface area contributed by atoms with Gasteiger partial charge in [0.2, 0.25) is 23.6 Å². The van der Waals surface area contributed by atoms with Crippen molar-refractivity contribution in [2.45, 2.75) is 71.6 Å². The second-order valence-corrected chi connectivity index (χ2v) is 10.3. The van der Waals surface area contributed by atoms with E-state index in [0.29, 0.717) is 23.6 Å². The molecule has 0 unspecified atom stereocenters. The Hall–Kier alpha value is -4.26. The van der Waals surface area contributed by atoms with E-state index in [9.17, 15) is 0 Å². The number of ether oxygens (including phenoxy) is 1. The van der Waals surface area contributed by atoms with Crippen molar-refractivity contribution >= 4 is 0 Å². The number of hydrogen-bond acceptors (Lipinski definition) is 7. The van der Waals surface area contributed by atoms with Gasteiger partial charge in [-0.05, 0) is 85.5 Å². The number of rotatable bonds is 15. The van der Waals surface area contributed by atoms with Crippen LogP contribution in [0.2, 0.25) is 0 Å². The Labute approximate surface area is 242 Å². The number of unbranched alkanes of at least 4 members (excludes halogenated alkanes) is 6. The number of nitrogens with zero attached hydrogens (tertiary/aromatic N) is 4. The molecule has 2 aromatic heterocycles. The Balaban J connectivity index is 1.18. The van der Waals surface area contributed by atoms with Crippen LogP contribution < -0.4 is 4.74 Å². The van der Waals surface area contributed by atoms with E-state index >= 15 is 0 Å². The lowest BCUT2D eigenvalue weighted by molar-refractivity contribution is 0.305. The molecular formula is C34H38N4O3. The summed E-state index contributed by atoms with van der Waals surface area (Å²) in [5.74, 6) is 2.74. The first-order valence-electron chi connectivity index (χ1n) is 14.8. The Morgan fingerprint density at radius 3 is 1.37 bits per heavy atom. The summed E-state index contributed by atoms with van der Waals surface area (Å²) in [6, 6.07) is 23.8. The third kappa shape index (κ3) is 7.69. The summed E-state index contributed by atoms with van der Waals surface area (Å²) in [5.41, 5.74) is 4.74. The van der Waals surface area contributed by atoms with Crippen molar-refractivity contribution in [2.24, 2.45) is 0 Å². The minimum atomic E-state index is 0.448. The van der Waals surface area contributed by atoms with Crippen LogP contribution in [0, 0.1) is 0 Å². The molecule has 0 atom stereocenters. The van der Waals surface area contributed by atoms with Crippen molar-refractivity contribution in [3.05, 3.63) is 78.4 Å². The molecule has 0 spiro atoms. The normalized spacial score (nSPS) is 11.2. The van der Waals surface area contributed by atoms with Crippen LogP contribution in [0.4, 0.5) is 0 Å². The van der Waals surface area contributed by atoms with Crippen LogP contribution in [0.15, 0.2) is 81.6 Å². The van der Waals surface area contributed by atoms with Crippen LogP contribution in [0.3, 0.4) is 0 Å². The zero-order valence-electron chi connectivity index (χ0n) is 24.0. The molecule has 0 saturated heterocycles. The van der Waals surface area contributed by atoms with Crippen LogP contribution in [0.1, 0.15) is 70.8 Å². The van der Waals surface area contributed by atoms with Gasteiger partial charge in [0, 0.05) is 22.3 Å². The molecule has 7 heteroatoms. The van der Waals surface area contributed by atoms with E-state index in [1.54, 1.807) is 0 Å². The van der Waals surface area contributed by atoms with Gasteiger partial charge in [0.25, 0.3) is 0 Å². The number of hydrogen-bond donors (Lipinski definition) is 0. The molecule has 0 bridgehead atoms. The molecule has 212 valence electrons. The molecule has 0 N–H and O–H groups in total. The monoisotopic (exact) mass is 550 g/mol. The maximum Gasteiger partial charge on any atom is 0.248 e. The van der Waals surface area contributed by atoms with Gasteiger partial charge in [-0.15, -0.1) is 20.4 Å². The van der Waals surface area contributed by atoms with E-state index in [2.05, 4.69) is 58.5 Å². The molecule has 2 heterocycles. The van der Waals surface area contributed by atoms with Gasteiger partial charge < -0.3 is 13.6 Å². The minimum absolute atomic E-state index is 0.448. The molecule has 0 aliphatic rings. The van der Waals surface area contributed by atoms with E-state index < -0.39 is 0 Å². The van der Waals surface area contributed by atoms with Gasteiger partial charge >= 0.3 is 0 Å². The van der Waals surface area contributed by atoms with Gasteiger partial charge in [0.15, 0.2) is 0 Å². The molecule has 5 aromatic rings. The van der Waals surface area contributed by atoms with Gasteiger partial charge in [-0.3, -0.25) is 0 Å². The highest BCUT2D eigenvalue weighted by atomic mass is 16.5. The molecular weight excluding hydrogens is 512 g/mol. The first kappa shape index (κ1) is 28.3. The minimum Gasteiger partial charge on any atom is -0.494 e. The van der Waals surface area contributed by atoms with E-state index in [0.717, 1.165) is 47.5 Å². The molecule has 0 saturated carbocycles. The molecule has 41 heavy (non-hydrogen) atoms. The van der Waals surface area contributed by atoms with Gasteiger partial charge in [-0.25, -0.2) is 0 Å². The summed E-state index contributed by atoms with van der Waals surface area (Å²) >= 11 is 0. The van der Waals surface area contributed by atoms with Crippen molar-refractivity contribution in [1.29, 1.82) is 0 Å². The van der Waals surface area contributed by atoms with Gasteiger partial charge in [0.05, 0.1) is 6.61 Å². The predicted molar refractivity (Wildman–Crippen MR) is 161 cm³/mol. The second-order valence-electron chi connectivity index (χ2n) is 10.3. The van der Waals surface area contributed by atoms with Crippen molar-refractivity contribution < 1.29 is 13.6 Å². The van der Waals surface area contributed by atoms with Crippen molar-refractivity contribution in [3.8, 4) is 51.6 Å². The predicted octanol–water partition coefficient (Wildman–Crippen LogP) is 9.20. The third-order valence-corrected chi connectivity index (χ3v) is 7.12.